The van der Waals surface area contributed by atoms with Crippen molar-refractivity contribution in [3.63, 3.8) is 0 Å². The molecule has 1 aliphatic rings. The summed E-state index contributed by atoms with van der Waals surface area (Å²) in [7, 11) is 3.40. The number of anilines is 1. The molecule has 1 unspecified atom stereocenters. The summed E-state index contributed by atoms with van der Waals surface area (Å²) in [6.45, 7) is 0. The minimum atomic E-state index is -0.538. The molecule has 0 radical (unpaired) electrons. The van der Waals surface area contributed by atoms with E-state index in [-0.39, 0.29) is 11.6 Å². The number of hydrogen-bond acceptors (Lipinski definition) is 2. The first-order chi connectivity index (χ1) is 12.0. The molecule has 1 aromatic heterocycles. The minimum Gasteiger partial charge on any atom is -0.325 e. The van der Waals surface area contributed by atoms with Gasteiger partial charge >= 0.3 is 5.69 Å². The summed E-state index contributed by atoms with van der Waals surface area (Å²) in [6.07, 6.45) is 0. The molecule has 0 fully saturated rings. The average Bonchev–Trinajstić information content (AvgIpc) is 3.03. The first kappa shape index (κ1) is 15.7. The van der Waals surface area contributed by atoms with Crippen LogP contribution >= 0.6 is 11.6 Å². The Kier molecular flexibility index (Phi) is 3.54. The van der Waals surface area contributed by atoms with Crippen LogP contribution < -0.4 is 11.0 Å². The monoisotopic (exact) mass is 353 g/mol. The first-order valence-electron chi connectivity index (χ1n) is 7.90. The normalized spacial score (nSPS) is 16.0. The van der Waals surface area contributed by atoms with Gasteiger partial charge in [0.2, 0.25) is 5.91 Å². The van der Waals surface area contributed by atoms with E-state index in [1.54, 1.807) is 35.4 Å². The highest BCUT2D eigenvalue weighted by Crippen LogP contribution is 2.40. The third-order valence-corrected chi connectivity index (χ3v) is 4.91. The summed E-state index contributed by atoms with van der Waals surface area (Å²) < 4.78 is 3.11. The molecule has 1 amide bonds. The molecule has 0 saturated carbocycles. The van der Waals surface area contributed by atoms with Crippen molar-refractivity contribution in [1.82, 2.24) is 9.13 Å². The maximum absolute atomic E-state index is 12.7. The van der Waals surface area contributed by atoms with Gasteiger partial charge in [0.25, 0.3) is 0 Å². The van der Waals surface area contributed by atoms with Gasteiger partial charge in [0, 0.05) is 30.4 Å². The van der Waals surface area contributed by atoms with Crippen molar-refractivity contribution in [3.8, 4) is 11.3 Å². The molecule has 0 bridgehead atoms. The molecule has 126 valence electrons. The number of imidazole rings is 1. The largest absolute Gasteiger partial charge is 0.328 e. The summed E-state index contributed by atoms with van der Waals surface area (Å²) in [4.78, 5) is 25.3. The number of nitrogens with zero attached hydrogens (tertiary/aromatic N) is 2. The first-order valence-corrected chi connectivity index (χ1v) is 8.28. The summed E-state index contributed by atoms with van der Waals surface area (Å²) in [6, 6.07) is 14.9. The van der Waals surface area contributed by atoms with E-state index in [0.29, 0.717) is 16.4 Å². The Morgan fingerprint density at radius 2 is 1.76 bits per heavy atom. The van der Waals surface area contributed by atoms with E-state index in [9.17, 15) is 9.59 Å². The van der Waals surface area contributed by atoms with Gasteiger partial charge in [-0.05, 0) is 23.8 Å². The Labute approximate surface area is 149 Å². The number of fused-ring (bicyclic) bond motifs is 1. The number of rotatable bonds is 2. The molecule has 1 aliphatic heterocycles. The number of benzene rings is 2. The van der Waals surface area contributed by atoms with E-state index >= 15 is 0 Å². The van der Waals surface area contributed by atoms with Crippen LogP contribution in [0.25, 0.3) is 11.3 Å². The lowest BCUT2D eigenvalue weighted by Crippen LogP contribution is -2.22. The van der Waals surface area contributed by atoms with Crippen LogP contribution in [0.2, 0.25) is 5.02 Å². The number of hydrogen-bond donors (Lipinski definition) is 1. The molecule has 0 aliphatic carbocycles. The fourth-order valence-corrected chi connectivity index (χ4v) is 3.73. The van der Waals surface area contributed by atoms with Gasteiger partial charge in [-0.1, -0.05) is 41.9 Å². The molecule has 1 N–H and O–H groups in total. The summed E-state index contributed by atoms with van der Waals surface area (Å²) in [5.74, 6) is -0.672. The van der Waals surface area contributed by atoms with Crippen LogP contribution in [0.15, 0.2) is 53.3 Å². The van der Waals surface area contributed by atoms with Crippen LogP contribution in [0, 0.1) is 0 Å². The van der Waals surface area contributed by atoms with Crippen LogP contribution in [-0.4, -0.2) is 15.0 Å². The van der Waals surface area contributed by atoms with Crippen molar-refractivity contribution in [2.45, 2.75) is 5.92 Å². The van der Waals surface area contributed by atoms with Gasteiger partial charge in [-0.15, -0.1) is 0 Å². The molecule has 2 aromatic carbocycles. The van der Waals surface area contributed by atoms with Gasteiger partial charge in [-0.25, -0.2) is 4.79 Å². The Morgan fingerprint density at radius 3 is 2.52 bits per heavy atom. The zero-order chi connectivity index (χ0) is 17.7. The fraction of sp³-hybridized carbons (Fsp3) is 0.158. The lowest BCUT2D eigenvalue weighted by molar-refractivity contribution is -0.116. The Bertz CT molecular complexity index is 1060. The second-order valence-electron chi connectivity index (χ2n) is 6.15. The van der Waals surface area contributed by atoms with Crippen LogP contribution in [0.4, 0.5) is 5.69 Å². The van der Waals surface area contributed by atoms with E-state index in [1.807, 2.05) is 36.4 Å². The molecule has 6 heteroatoms. The molecule has 4 rings (SSSR count). The summed E-state index contributed by atoms with van der Waals surface area (Å²) in [5, 5.41) is 3.48. The average molecular weight is 354 g/mol. The second kappa shape index (κ2) is 5.63. The van der Waals surface area contributed by atoms with E-state index < -0.39 is 5.92 Å². The van der Waals surface area contributed by atoms with Gasteiger partial charge in [0.1, 0.15) is 5.92 Å². The molecule has 0 saturated heterocycles. The summed E-state index contributed by atoms with van der Waals surface area (Å²) in [5.41, 5.74) is 3.65. The minimum absolute atomic E-state index is 0.134. The second-order valence-corrected chi connectivity index (χ2v) is 6.59. The Balaban J connectivity index is 2.02. The zero-order valence-corrected chi connectivity index (χ0v) is 14.5. The number of carbonyl (C=O) groups excluding carboxylic acids is 1. The topological polar surface area (TPSA) is 56.0 Å². The van der Waals surface area contributed by atoms with Crippen molar-refractivity contribution in [1.29, 1.82) is 0 Å². The Morgan fingerprint density at radius 1 is 1.00 bits per heavy atom. The predicted octanol–water partition coefficient (Wildman–Crippen LogP) is 3.13. The highest BCUT2D eigenvalue weighted by molar-refractivity contribution is 6.30. The summed E-state index contributed by atoms with van der Waals surface area (Å²) >= 11 is 6.14. The highest BCUT2D eigenvalue weighted by atomic mass is 35.5. The molecular formula is C19H16ClN3O2. The molecule has 25 heavy (non-hydrogen) atoms. The van der Waals surface area contributed by atoms with Gasteiger partial charge in [-0.2, -0.15) is 0 Å². The SMILES string of the molecule is Cn1c(-c2cccc(Cl)c2)c(C2C(=O)Nc3ccccc32)n(C)c1=O. The predicted molar refractivity (Wildman–Crippen MR) is 98.0 cm³/mol. The zero-order valence-electron chi connectivity index (χ0n) is 13.8. The van der Waals surface area contributed by atoms with Crippen LogP contribution in [-0.2, 0) is 18.9 Å². The number of carbonyl (C=O) groups is 1. The van der Waals surface area contributed by atoms with Gasteiger partial charge in [-0.3, -0.25) is 13.9 Å². The van der Waals surface area contributed by atoms with Crippen molar-refractivity contribution in [3.05, 3.63) is 75.3 Å². The van der Waals surface area contributed by atoms with Crippen LogP contribution in [0.5, 0.6) is 0 Å². The highest BCUT2D eigenvalue weighted by Gasteiger charge is 2.37. The van der Waals surface area contributed by atoms with Crippen molar-refractivity contribution in [2.75, 3.05) is 5.32 Å². The van der Waals surface area contributed by atoms with Gasteiger partial charge in [0.05, 0.1) is 11.4 Å². The van der Waals surface area contributed by atoms with Gasteiger partial charge < -0.3 is 5.32 Å². The number of nitrogens with one attached hydrogen (secondary N) is 1. The maximum Gasteiger partial charge on any atom is 0.328 e. The third kappa shape index (κ3) is 2.31. The lowest BCUT2D eigenvalue weighted by Gasteiger charge is -2.14. The molecule has 3 aromatic rings. The lowest BCUT2D eigenvalue weighted by atomic mass is 9.93. The Hall–Kier alpha value is -2.79. The van der Waals surface area contributed by atoms with E-state index in [0.717, 1.165) is 16.8 Å². The number of halogens is 1. The number of para-hydroxylation sites is 1. The maximum atomic E-state index is 12.7. The molecule has 0 spiro atoms. The van der Waals surface area contributed by atoms with Crippen molar-refractivity contribution >= 4 is 23.2 Å². The number of aromatic nitrogens is 2. The van der Waals surface area contributed by atoms with Crippen LogP contribution in [0.1, 0.15) is 17.2 Å². The number of amides is 1. The third-order valence-electron chi connectivity index (χ3n) is 4.68. The quantitative estimate of drug-likeness (QED) is 0.769. The van der Waals surface area contributed by atoms with Gasteiger partial charge in [0.15, 0.2) is 0 Å². The molecular weight excluding hydrogens is 338 g/mol. The van der Waals surface area contributed by atoms with E-state index in [4.69, 9.17) is 11.6 Å². The molecule has 2 heterocycles. The molecule has 1 atom stereocenters. The van der Waals surface area contributed by atoms with Crippen molar-refractivity contribution < 1.29 is 4.79 Å². The van der Waals surface area contributed by atoms with Crippen molar-refractivity contribution in [2.24, 2.45) is 14.1 Å². The fourth-order valence-electron chi connectivity index (χ4n) is 3.54. The smallest absolute Gasteiger partial charge is 0.325 e. The molecule has 5 nitrogen and oxygen atoms in total. The van der Waals surface area contributed by atoms with Crippen LogP contribution in [0.3, 0.4) is 0 Å². The van der Waals surface area contributed by atoms with E-state index in [2.05, 4.69) is 5.32 Å². The standard InChI is InChI=1S/C19H16ClN3O2/c1-22-16(11-6-5-7-12(20)10-11)17(23(2)19(22)25)15-13-8-3-4-9-14(13)21-18(15)24/h3-10,15H,1-2H3,(H,21,24). The van der Waals surface area contributed by atoms with E-state index in [1.165, 1.54) is 0 Å².